The first-order valence-electron chi connectivity index (χ1n) is 7.39. The van der Waals surface area contributed by atoms with Crippen LogP contribution in [0.2, 0.25) is 0 Å². The van der Waals surface area contributed by atoms with Gasteiger partial charge in [0.1, 0.15) is 0 Å². The van der Waals surface area contributed by atoms with Crippen molar-refractivity contribution in [1.82, 2.24) is 4.90 Å². The maximum atomic E-state index is 9.35. The number of fused-ring (bicyclic) bond motifs is 3. The van der Waals surface area contributed by atoms with E-state index in [0.29, 0.717) is 12.0 Å². The summed E-state index contributed by atoms with van der Waals surface area (Å²) in [5, 5.41) is 13.0. The first-order chi connectivity index (χ1) is 9.36. The molecule has 0 radical (unpaired) electrons. The largest absolute Gasteiger partial charge is 0.411 e. The number of hydrogen-bond donors (Lipinski definition) is 1. The van der Waals surface area contributed by atoms with Crippen LogP contribution in [0, 0.1) is 11.8 Å². The van der Waals surface area contributed by atoms with Crippen molar-refractivity contribution in [1.29, 1.82) is 0 Å². The fourth-order valence-corrected chi connectivity index (χ4v) is 4.44. The van der Waals surface area contributed by atoms with E-state index in [0.717, 1.165) is 31.1 Å². The molecule has 3 heteroatoms. The summed E-state index contributed by atoms with van der Waals surface area (Å²) >= 11 is 0. The summed E-state index contributed by atoms with van der Waals surface area (Å²) in [7, 11) is 0. The monoisotopic (exact) mass is 256 g/mol. The lowest BCUT2D eigenvalue weighted by atomic mass is 9.89. The summed E-state index contributed by atoms with van der Waals surface area (Å²) in [5.41, 5.74) is 4.01. The molecule has 0 saturated heterocycles. The Bertz CT molecular complexity index is 525. The van der Waals surface area contributed by atoms with E-state index < -0.39 is 0 Å². The second-order valence-corrected chi connectivity index (χ2v) is 6.23. The smallest absolute Gasteiger partial charge is 0.0775 e. The predicted molar refractivity (Wildman–Crippen MR) is 74.4 cm³/mol. The van der Waals surface area contributed by atoms with E-state index in [9.17, 15) is 5.21 Å². The SMILES string of the molecule is O/N=C1/[C@H]2CC[C@H](C2)[C@H]1N1CCc2ccccc2C1. The second-order valence-electron chi connectivity index (χ2n) is 6.23. The topological polar surface area (TPSA) is 35.8 Å². The molecule has 2 bridgehead atoms. The Kier molecular flexibility index (Phi) is 2.62. The maximum Gasteiger partial charge on any atom is 0.0775 e. The van der Waals surface area contributed by atoms with Gasteiger partial charge in [-0.1, -0.05) is 29.4 Å². The lowest BCUT2D eigenvalue weighted by Gasteiger charge is -2.38. The van der Waals surface area contributed by atoms with Crippen molar-refractivity contribution in [2.75, 3.05) is 6.54 Å². The molecule has 2 saturated carbocycles. The van der Waals surface area contributed by atoms with Crippen LogP contribution in [-0.4, -0.2) is 28.4 Å². The summed E-state index contributed by atoms with van der Waals surface area (Å²) in [6.45, 7) is 2.12. The van der Waals surface area contributed by atoms with Crippen molar-refractivity contribution in [3.8, 4) is 0 Å². The molecule has 3 nitrogen and oxygen atoms in total. The van der Waals surface area contributed by atoms with Gasteiger partial charge in [-0.2, -0.15) is 0 Å². The number of benzene rings is 1. The highest BCUT2D eigenvalue weighted by Crippen LogP contribution is 2.45. The highest BCUT2D eigenvalue weighted by Gasteiger charge is 2.48. The molecule has 1 aromatic rings. The van der Waals surface area contributed by atoms with E-state index in [1.54, 1.807) is 0 Å². The minimum Gasteiger partial charge on any atom is -0.411 e. The van der Waals surface area contributed by atoms with Gasteiger partial charge in [0.15, 0.2) is 0 Å². The van der Waals surface area contributed by atoms with Gasteiger partial charge < -0.3 is 5.21 Å². The molecule has 1 heterocycles. The molecule has 1 N–H and O–H groups in total. The average Bonchev–Trinajstić information content (AvgIpc) is 3.07. The second kappa shape index (κ2) is 4.34. The predicted octanol–water partition coefficient (Wildman–Crippen LogP) is 2.67. The van der Waals surface area contributed by atoms with Gasteiger partial charge in [-0.15, -0.1) is 0 Å². The highest BCUT2D eigenvalue weighted by atomic mass is 16.4. The van der Waals surface area contributed by atoms with Crippen LogP contribution in [0.5, 0.6) is 0 Å². The summed E-state index contributed by atoms with van der Waals surface area (Å²) in [4.78, 5) is 2.54. The molecule has 0 unspecified atom stereocenters. The van der Waals surface area contributed by atoms with Crippen LogP contribution in [0.3, 0.4) is 0 Å². The zero-order chi connectivity index (χ0) is 12.8. The third kappa shape index (κ3) is 1.71. The summed E-state index contributed by atoms with van der Waals surface area (Å²) < 4.78 is 0. The lowest BCUT2D eigenvalue weighted by Crippen LogP contribution is -2.47. The Hall–Kier alpha value is -1.35. The van der Waals surface area contributed by atoms with E-state index in [4.69, 9.17) is 0 Å². The summed E-state index contributed by atoms with van der Waals surface area (Å²) in [6.07, 6.45) is 4.91. The Morgan fingerprint density at radius 1 is 1.16 bits per heavy atom. The molecule has 19 heavy (non-hydrogen) atoms. The van der Waals surface area contributed by atoms with Crippen LogP contribution < -0.4 is 0 Å². The van der Waals surface area contributed by atoms with Gasteiger partial charge in [-0.05, 0) is 42.7 Å². The summed E-state index contributed by atoms with van der Waals surface area (Å²) in [6, 6.07) is 9.15. The van der Waals surface area contributed by atoms with Crippen molar-refractivity contribution in [3.63, 3.8) is 0 Å². The van der Waals surface area contributed by atoms with Gasteiger partial charge in [0.2, 0.25) is 0 Å². The molecule has 0 spiro atoms. The minimum absolute atomic E-state index is 0.400. The molecular formula is C16H20N2O. The Balaban J connectivity index is 1.61. The van der Waals surface area contributed by atoms with Gasteiger partial charge in [-0.3, -0.25) is 4.90 Å². The van der Waals surface area contributed by atoms with Crippen molar-refractivity contribution in [2.45, 2.75) is 38.3 Å². The van der Waals surface area contributed by atoms with Gasteiger partial charge in [0, 0.05) is 19.0 Å². The van der Waals surface area contributed by atoms with Crippen LogP contribution in [0.15, 0.2) is 29.4 Å². The van der Waals surface area contributed by atoms with Gasteiger partial charge >= 0.3 is 0 Å². The normalized spacial score (nSPS) is 35.8. The number of nitrogens with zero attached hydrogens (tertiary/aromatic N) is 2. The minimum atomic E-state index is 0.400. The van der Waals surface area contributed by atoms with Crippen LogP contribution in [0.4, 0.5) is 0 Å². The van der Waals surface area contributed by atoms with Crippen molar-refractivity contribution >= 4 is 5.71 Å². The first kappa shape index (κ1) is 11.5. The van der Waals surface area contributed by atoms with E-state index in [-0.39, 0.29) is 0 Å². The van der Waals surface area contributed by atoms with Crippen LogP contribution in [-0.2, 0) is 13.0 Å². The van der Waals surface area contributed by atoms with Gasteiger partial charge in [-0.25, -0.2) is 0 Å². The van der Waals surface area contributed by atoms with Crippen LogP contribution >= 0.6 is 0 Å². The molecule has 2 aliphatic carbocycles. The van der Waals surface area contributed by atoms with Crippen molar-refractivity contribution < 1.29 is 5.21 Å². The molecule has 3 atom stereocenters. The molecule has 4 rings (SSSR count). The fourth-order valence-electron chi connectivity index (χ4n) is 4.44. The maximum absolute atomic E-state index is 9.35. The average molecular weight is 256 g/mol. The zero-order valence-corrected chi connectivity index (χ0v) is 11.1. The Morgan fingerprint density at radius 2 is 2.00 bits per heavy atom. The molecule has 0 amide bonds. The number of rotatable bonds is 1. The van der Waals surface area contributed by atoms with E-state index in [2.05, 4.69) is 34.3 Å². The zero-order valence-electron chi connectivity index (χ0n) is 11.1. The summed E-state index contributed by atoms with van der Waals surface area (Å²) in [5.74, 6) is 1.28. The standard InChI is InChI=1S/C16H20N2O/c19-17-15-12-5-6-13(9-12)16(15)18-8-7-11-3-1-2-4-14(11)10-18/h1-4,12-13,16,19H,5-10H2/b17-15-/t12-,13+,16+/m0/s1. The quantitative estimate of drug-likeness (QED) is 0.619. The molecule has 1 aliphatic heterocycles. The van der Waals surface area contributed by atoms with Gasteiger partial charge in [0.05, 0.1) is 11.8 Å². The van der Waals surface area contributed by atoms with Crippen molar-refractivity contribution in [3.05, 3.63) is 35.4 Å². The number of hydrogen-bond acceptors (Lipinski definition) is 3. The first-order valence-corrected chi connectivity index (χ1v) is 7.39. The van der Waals surface area contributed by atoms with E-state index in [1.807, 2.05) is 0 Å². The van der Waals surface area contributed by atoms with Gasteiger partial charge in [0.25, 0.3) is 0 Å². The number of oxime groups is 1. The molecule has 2 fully saturated rings. The lowest BCUT2D eigenvalue weighted by molar-refractivity contribution is 0.175. The molecule has 3 aliphatic rings. The van der Waals surface area contributed by atoms with E-state index in [1.165, 1.54) is 30.4 Å². The fraction of sp³-hybridized carbons (Fsp3) is 0.562. The Morgan fingerprint density at radius 3 is 2.84 bits per heavy atom. The molecule has 1 aromatic carbocycles. The molecular weight excluding hydrogens is 236 g/mol. The molecule has 100 valence electrons. The van der Waals surface area contributed by atoms with Crippen LogP contribution in [0.25, 0.3) is 0 Å². The third-order valence-electron chi connectivity index (χ3n) is 5.31. The van der Waals surface area contributed by atoms with Crippen molar-refractivity contribution in [2.24, 2.45) is 17.0 Å². The molecule has 0 aromatic heterocycles. The Labute approximate surface area is 113 Å². The highest BCUT2D eigenvalue weighted by molar-refractivity contribution is 5.94. The third-order valence-corrected chi connectivity index (χ3v) is 5.31. The van der Waals surface area contributed by atoms with Crippen LogP contribution in [0.1, 0.15) is 30.4 Å². The van der Waals surface area contributed by atoms with E-state index >= 15 is 0 Å².